The Morgan fingerprint density at radius 1 is 1.14 bits per heavy atom. The van der Waals surface area contributed by atoms with E-state index in [4.69, 9.17) is 4.74 Å². The molecule has 0 saturated heterocycles. The molecule has 21 heavy (non-hydrogen) atoms. The van der Waals surface area contributed by atoms with E-state index in [1.807, 2.05) is 30.3 Å². The molecule has 2 nitrogen and oxygen atoms in total. The lowest BCUT2D eigenvalue weighted by Gasteiger charge is -2.15. The van der Waals surface area contributed by atoms with E-state index in [0.29, 0.717) is 13.0 Å². The number of aliphatic hydroxyl groups is 1. The second-order valence-electron chi connectivity index (χ2n) is 4.98. The van der Waals surface area contributed by atoms with Gasteiger partial charge in [0.1, 0.15) is 11.6 Å². The van der Waals surface area contributed by atoms with E-state index in [9.17, 15) is 9.50 Å². The Hall–Kier alpha value is -1.39. The van der Waals surface area contributed by atoms with Crippen molar-refractivity contribution in [3.8, 4) is 5.75 Å². The maximum Gasteiger partial charge on any atom is 0.123 e. The first-order chi connectivity index (χ1) is 10.2. The van der Waals surface area contributed by atoms with E-state index in [0.717, 1.165) is 22.2 Å². The normalized spacial score (nSPS) is 12.1. The first kappa shape index (κ1) is 16.0. The number of aliphatic hydroxyl groups excluding tert-OH is 1. The fraction of sp³-hybridized carbons (Fsp3) is 0.294. The van der Waals surface area contributed by atoms with E-state index in [2.05, 4.69) is 15.9 Å². The molecule has 4 heteroatoms. The van der Waals surface area contributed by atoms with Gasteiger partial charge in [0.15, 0.2) is 0 Å². The summed E-state index contributed by atoms with van der Waals surface area (Å²) < 4.78 is 19.8. The summed E-state index contributed by atoms with van der Waals surface area (Å²) in [6, 6.07) is 14.2. The summed E-state index contributed by atoms with van der Waals surface area (Å²) in [6.07, 6.45) is 1.37. The molecule has 0 fully saturated rings. The Kier molecular flexibility index (Phi) is 6.21. The van der Waals surface area contributed by atoms with Gasteiger partial charge in [-0.1, -0.05) is 34.1 Å². The van der Waals surface area contributed by atoms with Gasteiger partial charge >= 0.3 is 0 Å². The summed E-state index contributed by atoms with van der Waals surface area (Å²) in [5.74, 6) is 0.625. The van der Waals surface area contributed by atoms with Gasteiger partial charge in [-0.2, -0.15) is 0 Å². The highest BCUT2D eigenvalue weighted by molar-refractivity contribution is 9.10. The molecule has 0 saturated carbocycles. The monoisotopic (exact) mass is 352 g/mol. The van der Waals surface area contributed by atoms with Crippen molar-refractivity contribution in [2.24, 2.45) is 5.92 Å². The van der Waals surface area contributed by atoms with Gasteiger partial charge in [0.25, 0.3) is 0 Å². The lowest BCUT2D eigenvalue weighted by atomic mass is 9.97. The van der Waals surface area contributed by atoms with E-state index in [1.54, 1.807) is 6.07 Å². The summed E-state index contributed by atoms with van der Waals surface area (Å²) in [4.78, 5) is 0. The molecule has 0 heterocycles. The minimum Gasteiger partial charge on any atom is -0.494 e. The molecule has 0 radical (unpaired) electrons. The predicted molar refractivity (Wildman–Crippen MR) is 84.9 cm³/mol. The van der Waals surface area contributed by atoms with E-state index in [1.165, 1.54) is 12.1 Å². The van der Waals surface area contributed by atoms with Crippen LogP contribution in [0.2, 0.25) is 0 Å². The average molecular weight is 353 g/mol. The van der Waals surface area contributed by atoms with Gasteiger partial charge in [0.05, 0.1) is 6.61 Å². The molecule has 1 unspecified atom stereocenters. The summed E-state index contributed by atoms with van der Waals surface area (Å²) in [7, 11) is 0. The van der Waals surface area contributed by atoms with Gasteiger partial charge in [-0.05, 0) is 54.7 Å². The smallest absolute Gasteiger partial charge is 0.123 e. The number of rotatable bonds is 7. The van der Waals surface area contributed by atoms with Crippen molar-refractivity contribution >= 4 is 15.9 Å². The van der Waals surface area contributed by atoms with Crippen LogP contribution in [0.25, 0.3) is 0 Å². The molecule has 2 aromatic carbocycles. The van der Waals surface area contributed by atoms with E-state index < -0.39 is 0 Å². The quantitative estimate of drug-likeness (QED) is 0.808. The van der Waals surface area contributed by atoms with Crippen molar-refractivity contribution in [3.63, 3.8) is 0 Å². The first-order valence-corrected chi connectivity index (χ1v) is 7.70. The van der Waals surface area contributed by atoms with Crippen LogP contribution in [0, 0.1) is 11.7 Å². The second kappa shape index (κ2) is 8.15. The third-order valence-corrected chi connectivity index (χ3v) is 3.76. The SMILES string of the molecule is OCC(CCOc1cccc(Br)c1)Cc1cccc(F)c1. The predicted octanol–water partition coefficient (Wildman–Crippen LogP) is 4.21. The minimum absolute atomic E-state index is 0.0678. The van der Waals surface area contributed by atoms with E-state index in [-0.39, 0.29) is 18.3 Å². The zero-order valence-electron chi connectivity index (χ0n) is 11.6. The molecular formula is C17H18BrFO2. The number of halogens is 2. The average Bonchev–Trinajstić information content (AvgIpc) is 2.46. The summed E-state index contributed by atoms with van der Waals surface area (Å²) in [6.45, 7) is 0.593. The maximum absolute atomic E-state index is 13.1. The molecule has 2 aromatic rings. The minimum atomic E-state index is -0.241. The Morgan fingerprint density at radius 3 is 2.67 bits per heavy atom. The van der Waals surface area contributed by atoms with Crippen molar-refractivity contribution in [3.05, 3.63) is 64.4 Å². The number of hydrogen-bond acceptors (Lipinski definition) is 2. The molecule has 2 rings (SSSR count). The standard InChI is InChI=1S/C17H18BrFO2/c18-15-4-2-6-17(11-15)21-8-7-14(12-20)9-13-3-1-5-16(19)10-13/h1-6,10-11,14,20H,7-9,12H2. The topological polar surface area (TPSA) is 29.5 Å². The largest absolute Gasteiger partial charge is 0.494 e. The van der Waals surface area contributed by atoms with Crippen molar-refractivity contribution in [2.75, 3.05) is 13.2 Å². The molecule has 0 aliphatic carbocycles. The Balaban J connectivity index is 1.82. The van der Waals surface area contributed by atoms with Gasteiger partial charge in [0.2, 0.25) is 0 Å². The van der Waals surface area contributed by atoms with Crippen LogP contribution in [0.4, 0.5) is 4.39 Å². The van der Waals surface area contributed by atoms with Crippen molar-refractivity contribution in [1.29, 1.82) is 0 Å². The van der Waals surface area contributed by atoms with E-state index >= 15 is 0 Å². The highest BCUT2D eigenvalue weighted by atomic mass is 79.9. The van der Waals surface area contributed by atoms with Crippen molar-refractivity contribution < 1.29 is 14.2 Å². The lowest BCUT2D eigenvalue weighted by molar-refractivity contribution is 0.190. The molecule has 1 N–H and O–H groups in total. The van der Waals surface area contributed by atoms with Gasteiger partial charge in [-0.3, -0.25) is 0 Å². The van der Waals surface area contributed by atoms with Crippen LogP contribution < -0.4 is 4.74 Å². The molecular weight excluding hydrogens is 335 g/mol. The molecule has 0 aliphatic rings. The first-order valence-electron chi connectivity index (χ1n) is 6.91. The van der Waals surface area contributed by atoms with Gasteiger partial charge < -0.3 is 9.84 Å². The van der Waals surface area contributed by atoms with Crippen LogP contribution in [0.15, 0.2) is 53.0 Å². The molecule has 1 atom stereocenters. The zero-order chi connectivity index (χ0) is 15.1. The number of benzene rings is 2. The maximum atomic E-state index is 13.1. The summed E-state index contributed by atoms with van der Waals surface area (Å²) >= 11 is 3.39. The highest BCUT2D eigenvalue weighted by Gasteiger charge is 2.10. The molecule has 0 aliphatic heterocycles. The van der Waals surface area contributed by atoms with Crippen LogP contribution in [0.5, 0.6) is 5.75 Å². The molecule has 0 bridgehead atoms. The Bertz CT molecular complexity index is 574. The fourth-order valence-electron chi connectivity index (χ4n) is 2.16. The Morgan fingerprint density at radius 2 is 1.95 bits per heavy atom. The molecule has 0 amide bonds. The van der Waals surface area contributed by atoms with Crippen LogP contribution in [0.1, 0.15) is 12.0 Å². The third-order valence-electron chi connectivity index (χ3n) is 3.26. The van der Waals surface area contributed by atoms with Crippen molar-refractivity contribution in [2.45, 2.75) is 12.8 Å². The molecule has 0 spiro atoms. The molecule has 112 valence electrons. The fourth-order valence-corrected chi connectivity index (χ4v) is 2.53. The van der Waals surface area contributed by atoms with Crippen LogP contribution in [0.3, 0.4) is 0 Å². The summed E-state index contributed by atoms with van der Waals surface area (Å²) in [5.41, 5.74) is 0.900. The molecule has 0 aromatic heterocycles. The van der Waals surface area contributed by atoms with Gasteiger partial charge in [-0.15, -0.1) is 0 Å². The third kappa shape index (κ3) is 5.48. The lowest BCUT2D eigenvalue weighted by Crippen LogP contribution is -2.14. The number of hydrogen-bond donors (Lipinski definition) is 1. The van der Waals surface area contributed by atoms with Crippen molar-refractivity contribution in [1.82, 2.24) is 0 Å². The van der Waals surface area contributed by atoms with Gasteiger partial charge in [0, 0.05) is 11.1 Å². The summed E-state index contributed by atoms with van der Waals surface area (Å²) in [5, 5.41) is 9.44. The van der Waals surface area contributed by atoms with Crippen LogP contribution in [-0.4, -0.2) is 18.3 Å². The van der Waals surface area contributed by atoms with Crippen LogP contribution >= 0.6 is 15.9 Å². The number of ether oxygens (including phenoxy) is 1. The highest BCUT2D eigenvalue weighted by Crippen LogP contribution is 2.19. The van der Waals surface area contributed by atoms with Crippen LogP contribution in [-0.2, 0) is 6.42 Å². The van der Waals surface area contributed by atoms with Gasteiger partial charge in [-0.25, -0.2) is 4.39 Å². The zero-order valence-corrected chi connectivity index (χ0v) is 13.2. The Labute approximate surface area is 132 Å². The second-order valence-corrected chi connectivity index (χ2v) is 5.89.